The average Bonchev–Trinajstić information content (AvgIpc) is 2.30. The van der Waals surface area contributed by atoms with Gasteiger partial charge in [-0.3, -0.25) is 0 Å². The summed E-state index contributed by atoms with van der Waals surface area (Å²) in [6.07, 6.45) is 6.76. The lowest BCUT2D eigenvalue weighted by Crippen LogP contribution is -2.06. The van der Waals surface area contributed by atoms with Crippen molar-refractivity contribution in [1.82, 2.24) is 0 Å². The first-order valence-electron chi connectivity index (χ1n) is 6.72. The van der Waals surface area contributed by atoms with E-state index in [4.69, 9.17) is 0 Å². The number of benzene rings is 1. The molecule has 0 N–H and O–H groups in total. The third-order valence-electron chi connectivity index (χ3n) is 3.31. The SMILES string of the molecule is CCCCCCC(c1[c]cccc1)C(C)C. The molecule has 1 unspecified atom stereocenters. The Morgan fingerprint density at radius 3 is 2.50 bits per heavy atom. The molecule has 0 fully saturated rings. The molecule has 0 spiro atoms. The van der Waals surface area contributed by atoms with Gasteiger partial charge in [-0.25, -0.2) is 0 Å². The van der Waals surface area contributed by atoms with Crippen LogP contribution in [-0.4, -0.2) is 0 Å². The molecule has 0 aliphatic carbocycles. The molecule has 0 aliphatic heterocycles. The fraction of sp³-hybridized carbons (Fsp3) is 0.625. The van der Waals surface area contributed by atoms with Gasteiger partial charge in [-0.05, 0) is 29.9 Å². The predicted molar refractivity (Wildman–Crippen MR) is 71.6 cm³/mol. The molecule has 1 rings (SSSR count). The zero-order valence-corrected chi connectivity index (χ0v) is 11.0. The van der Waals surface area contributed by atoms with E-state index in [9.17, 15) is 0 Å². The van der Waals surface area contributed by atoms with Crippen molar-refractivity contribution in [3.63, 3.8) is 0 Å². The molecular weight excluding hydrogens is 192 g/mol. The van der Waals surface area contributed by atoms with Gasteiger partial charge in [0.1, 0.15) is 0 Å². The van der Waals surface area contributed by atoms with Crippen LogP contribution >= 0.6 is 0 Å². The third kappa shape index (κ3) is 4.38. The molecular formula is C16H25. The standard InChI is InChI=1S/C16H25/c1-4-5-6-10-13-16(14(2)3)15-11-8-7-9-12-15/h7-9,11,14,16H,4-6,10,13H2,1-3H3. The summed E-state index contributed by atoms with van der Waals surface area (Å²) in [6, 6.07) is 11.8. The number of unbranched alkanes of at least 4 members (excludes halogenated alkanes) is 3. The van der Waals surface area contributed by atoms with Crippen LogP contribution in [0, 0.1) is 12.0 Å². The zero-order valence-electron chi connectivity index (χ0n) is 11.0. The Morgan fingerprint density at radius 2 is 1.94 bits per heavy atom. The van der Waals surface area contributed by atoms with Crippen molar-refractivity contribution in [2.75, 3.05) is 0 Å². The van der Waals surface area contributed by atoms with Gasteiger partial charge in [0.2, 0.25) is 0 Å². The van der Waals surface area contributed by atoms with Crippen LogP contribution in [0.2, 0.25) is 0 Å². The van der Waals surface area contributed by atoms with Crippen LogP contribution in [0.3, 0.4) is 0 Å². The molecule has 0 aromatic heterocycles. The molecule has 89 valence electrons. The molecule has 1 atom stereocenters. The maximum atomic E-state index is 3.39. The number of hydrogen-bond donors (Lipinski definition) is 0. The average molecular weight is 217 g/mol. The molecule has 1 aromatic carbocycles. The molecule has 0 saturated heterocycles. The fourth-order valence-corrected chi connectivity index (χ4v) is 2.28. The second-order valence-electron chi connectivity index (χ2n) is 5.02. The van der Waals surface area contributed by atoms with Crippen molar-refractivity contribution in [2.45, 2.75) is 58.8 Å². The van der Waals surface area contributed by atoms with E-state index in [2.05, 4.69) is 45.0 Å². The van der Waals surface area contributed by atoms with Crippen LogP contribution in [0.5, 0.6) is 0 Å². The fourth-order valence-electron chi connectivity index (χ4n) is 2.28. The van der Waals surface area contributed by atoms with Crippen LogP contribution in [0.15, 0.2) is 24.3 Å². The summed E-state index contributed by atoms with van der Waals surface area (Å²) in [4.78, 5) is 0. The minimum absolute atomic E-state index is 0.693. The van der Waals surface area contributed by atoms with Crippen LogP contribution in [0.4, 0.5) is 0 Å². The van der Waals surface area contributed by atoms with Gasteiger partial charge in [0, 0.05) is 0 Å². The summed E-state index contributed by atoms with van der Waals surface area (Å²) >= 11 is 0. The summed E-state index contributed by atoms with van der Waals surface area (Å²) in [6.45, 7) is 6.92. The van der Waals surface area contributed by atoms with Gasteiger partial charge >= 0.3 is 0 Å². The molecule has 0 amide bonds. The Hall–Kier alpha value is -0.780. The van der Waals surface area contributed by atoms with Crippen LogP contribution in [0.25, 0.3) is 0 Å². The van der Waals surface area contributed by atoms with Gasteiger partial charge in [0.15, 0.2) is 0 Å². The molecule has 0 saturated carbocycles. The Bertz CT molecular complexity index is 261. The van der Waals surface area contributed by atoms with Gasteiger partial charge < -0.3 is 0 Å². The third-order valence-corrected chi connectivity index (χ3v) is 3.31. The largest absolute Gasteiger partial charge is 0.0654 e. The van der Waals surface area contributed by atoms with Crippen molar-refractivity contribution in [3.8, 4) is 0 Å². The first kappa shape index (κ1) is 13.3. The van der Waals surface area contributed by atoms with Crippen molar-refractivity contribution >= 4 is 0 Å². The highest BCUT2D eigenvalue weighted by molar-refractivity contribution is 5.18. The first-order chi connectivity index (χ1) is 7.75. The molecule has 0 nitrogen and oxygen atoms in total. The van der Waals surface area contributed by atoms with Gasteiger partial charge in [0.25, 0.3) is 0 Å². The highest BCUT2D eigenvalue weighted by Crippen LogP contribution is 2.29. The van der Waals surface area contributed by atoms with Crippen LogP contribution in [-0.2, 0) is 0 Å². The minimum Gasteiger partial charge on any atom is -0.0654 e. The number of rotatable bonds is 7. The van der Waals surface area contributed by atoms with E-state index in [0.717, 1.165) is 5.92 Å². The summed E-state index contributed by atoms with van der Waals surface area (Å²) in [5.74, 6) is 1.42. The second-order valence-corrected chi connectivity index (χ2v) is 5.02. The van der Waals surface area contributed by atoms with Gasteiger partial charge in [-0.1, -0.05) is 70.7 Å². The summed E-state index contributed by atoms with van der Waals surface area (Å²) in [5, 5.41) is 0. The summed E-state index contributed by atoms with van der Waals surface area (Å²) < 4.78 is 0. The van der Waals surface area contributed by atoms with Crippen LogP contribution in [0.1, 0.15) is 64.4 Å². The second kappa shape index (κ2) is 7.49. The lowest BCUT2D eigenvalue weighted by Gasteiger charge is -2.21. The van der Waals surface area contributed by atoms with Crippen molar-refractivity contribution in [3.05, 3.63) is 35.9 Å². The Labute approximate surface area is 101 Å². The van der Waals surface area contributed by atoms with Gasteiger partial charge in [0.05, 0.1) is 0 Å². The molecule has 1 aromatic rings. The summed E-state index contributed by atoms with van der Waals surface area (Å²) in [5.41, 5.74) is 1.40. The maximum Gasteiger partial charge on any atom is -0.0133 e. The van der Waals surface area contributed by atoms with Crippen molar-refractivity contribution in [1.29, 1.82) is 0 Å². The van der Waals surface area contributed by atoms with E-state index >= 15 is 0 Å². The summed E-state index contributed by atoms with van der Waals surface area (Å²) in [7, 11) is 0. The van der Waals surface area contributed by atoms with E-state index in [1.807, 2.05) is 6.07 Å². The minimum atomic E-state index is 0.693. The Kier molecular flexibility index (Phi) is 6.22. The van der Waals surface area contributed by atoms with E-state index < -0.39 is 0 Å². The highest BCUT2D eigenvalue weighted by atomic mass is 14.2. The van der Waals surface area contributed by atoms with Gasteiger partial charge in [-0.2, -0.15) is 0 Å². The predicted octanol–water partition coefficient (Wildman–Crippen LogP) is 5.20. The normalized spacial score (nSPS) is 13.0. The van der Waals surface area contributed by atoms with E-state index in [1.54, 1.807) is 0 Å². The van der Waals surface area contributed by atoms with Crippen molar-refractivity contribution < 1.29 is 0 Å². The van der Waals surface area contributed by atoms with Gasteiger partial charge in [-0.15, -0.1) is 0 Å². The smallest absolute Gasteiger partial charge is 0.0133 e. The highest BCUT2D eigenvalue weighted by Gasteiger charge is 2.14. The number of hydrogen-bond acceptors (Lipinski definition) is 0. The lowest BCUT2D eigenvalue weighted by atomic mass is 9.84. The Morgan fingerprint density at radius 1 is 1.12 bits per heavy atom. The van der Waals surface area contributed by atoms with Crippen LogP contribution < -0.4 is 0 Å². The molecule has 1 radical (unpaired) electrons. The zero-order chi connectivity index (χ0) is 11.8. The Balaban J connectivity index is 2.49. The molecule has 0 heteroatoms. The quantitative estimate of drug-likeness (QED) is 0.551. The van der Waals surface area contributed by atoms with E-state index in [-0.39, 0.29) is 0 Å². The molecule has 0 bridgehead atoms. The van der Waals surface area contributed by atoms with E-state index in [0.29, 0.717) is 5.92 Å². The first-order valence-corrected chi connectivity index (χ1v) is 6.72. The van der Waals surface area contributed by atoms with E-state index in [1.165, 1.54) is 37.7 Å². The maximum absolute atomic E-state index is 3.39. The monoisotopic (exact) mass is 217 g/mol. The molecule has 0 heterocycles. The molecule has 16 heavy (non-hydrogen) atoms. The topological polar surface area (TPSA) is 0 Å². The lowest BCUT2D eigenvalue weighted by molar-refractivity contribution is 0.444. The molecule has 0 aliphatic rings. The van der Waals surface area contributed by atoms with Crippen molar-refractivity contribution in [2.24, 2.45) is 5.92 Å².